The minimum atomic E-state index is -0.552. The molecule has 11 heteroatoms. The normalized spacial score (nSPS) is 21.1. The Morgan fingerprint density at radius 1 is 1.00 bits per heavy atom. The fourth-order valence-corrected chi connectivity index (χ4v) is 5.58. The summed E-state index contributed by atoms with van der Waals surface area (Å²) >= 11 is 0. The molecule has 2 atom stereocenters. The van der Waals surface area contributed by atoms with Crippen LogP contribution < -0.4 is 9.64 Å². The minimum absolute atomic E-state index is 0.0248. The predicted molar refractivity (Wildman–Crippen MR) is 154 cm³/mol. The summed E-state index contributed by atoms with van der Waals surface area (Å²) in [4.78, 5) is 43.3. The molecule has 4 heterocycles. The zero-order valence-corrected chi connectivity index (χ0v) is 24.8. The van der Waals surface area contributed by atoms with Crippen molar-refractivity contribution in [3.63, 3.8) is 0 Å². The first-order chi connectivity index (χ1) is 19.6. The Hall–Kier alpha value is -3.60. The first kappa shape index (κ1) is 28.9. The van der Waals surface area contributed by atoms with E-state index in [0.717, 1.165) is 42.0 Å². The largest absolute Gasteiger partial charge is 0.462 e. The van der Waals surface area contributed by atoms with Gasteiger partial charge in [0.1, 0.15) is 24.6 Å². The first-order valence-corrected chi connectivity index (χ1v) is 14.5. The Morgan fingerprint density at radius 2 is 1.78 bits per heavy atom. The quantitative estimate of drug-likeness (QED) is 0.513. The number of ether oxygens (including phenoxy) is 3. The maximum atomic E-state index is 13.0. The Morgan fingerprint density at radius 3 is 2.46 bits per heavy atom. The van der Waals surface area contributed by atoms with E-state index >= 15 is 0 Å². The number of benzene rings is 1. The monoisotopic (exact) mass is 566 g/mol. The van der Waals surface area contributed by atoms with Gasteiger partial charge in [0, 0.05) is 37.3 Å². The fraction of sp³-hybridized carbons (Fsp3) is 0.600. The van der Waals surface area contributed by atoms with Gasteiger partial charge in [0.15, 0.2) is 0 Å². The lowest BCUT2D eigenvalue weighted by molar-refractivity contribution is 0.0218. The first-order valence-electron chi connectivity index (χ1n) is 14.5. The van der Waals surface area contributed by atoms with E-state index in [-0.39, 0.29) is 18.7 Å². The zero-order valence-electron chi connectivity index (χ0n) is 24.8. The Bertz CT molecular complexity index is 1240. The van der Waals surface area contributed by atoms with Crippen molar-refractivity contribution in [3.05, 3.63) is 47.2 Å². The van der Waals surface area contributed by atoms with E-state index in [1.165, 1.54) is 0 Å². The molecule has 11 nitrogen and oxygen atoms in total. The van der Waals surface area contributed by atoms with E-state index in [4.69, 9.17) is 24.2 Å². The van der Waals surface area contributed by atoms with Gasteiger partial charge in [-0.05, 0) is 59.7 Å². The number of rotatable bonds is 6. The average molecular weight is 567 g/mol. The summed E-state index contributed by atoms with van der Waals surface area (Å²) < 4.78 is 17.4. The second-order valence-electron chi connectivity index (χ2n) is 12.2. The van der Waals surface area contributed by atoms with Crippen LogP contribution in [0.2, 0.25) is 0 Å². The van der Waals surface area contributed by atoms with Crippen molar-refractivity contribution in [2.24, 2.45) is 0 Å². The molecule has 222 valence electrons. The SMILES string of the molecule is C[C@H]1CN(C(=O)OC(C)(C)C)CCN1c1nc(OC[C@@H]2CCCN2C)nc2c1CN(C(=O)OCc1ccccc1)C2. The van der Waals surface area contributed by atoms with Gasteiger partial charge in [-0.3, -0.25) is 4.90 Å². The number of hydrogen-bond acceptors (Lipinski definition) is 9. The number of hydrogen-bond donors (Lipinski definition) is 0. The number of likely N-dealkylation sites (N-methyl/N-ethyl adjacent to an activating group) is 1. The van der Waals surface area contributed by atoms with Crippen molar-refractivity contribution in [2.75, 3.05) is 44.7 Å². The number of aromatic nitrogens is 2. The molecule has 0 aliphatic carbocycles. The van der Waals surface area contributed by atoms with Crippen LogP contribution in [0, 0.1) is 0 Å². The molecule has 41 heavy (non-hydrogen) atoms. The van der Waals surface area contributed by atoms with Gasteiger partial charge < -0.3 is 28.9 Å². The van der Waals surface area contributed by atoms with Crippen molar-refractivity contribution in [2.45, 2.75) is 77.9 Å². The Kier molecular flexibility index (Phi) is 8.53. The molecule has 0 radical (unpaired) electrons. The topological polar surface area (TPSA) is 101 Å². The number of amides is 2. The highest BCUT2D eigenvalue weighted by Crippen LogP contribution is 2.34. The van der Waals surface area contributed by atoms with Crippen LogP contribution in [0.1, 0.15) is 57.4 Å². The van der Waals surface area contributed by atoms with Crippen LogP contribution in [-0.4, -0.2) is 94.4 Å². The number of fused-ring (bicyclic) bond motifs is 1. The molecule has 2 aromatic rings. The van der Waals surface area contributed by atoms with Crippen LogP contribution in [-0.2, 0) is 29.2 Å². The summed E-state index contributed by atoms with van der Waals surface area (Å²) in [6.07, 6.45) is 1.53. The average Bonchev–Trinajstić information content (AvgIpc) is 3.55. The molecule has 0 unspecified atom stereocenters. The van der Waals surface area contributed by atoms with Crippen LogP contribution >= 0.6 is 0 Å². The predicted octanol–water partition coefficient (Wildman–Crippen LogP) is 4.05. The number of piperazine rings is 1. The van der Waals surface area contributed by atoms with Gasteiger partial charge in [-0.25, -0.2) is 9.59 Å². The van der Waals surface area contributed by atoms with Crippen molar-refractivity contribution in [1.29, 1.82) is 0 Å². The third-order valence-electron chi connectivity index (χ3n) is 7.83. The van der Waals surface area contributed by atoms with Crippen LogP contribution in [0.4, 0.5) is 15.4 Å². The molecule has 2 amide bonds. The molecule has 1 aromatic carbocycles. The van der Waals surface area contributed by atoms with Gasteiger partial charge in [0.25, 0.3) is 0 Å². The van der Waals surface area contributed by atoms with E-state index in [2.05, 4.69) is 23.8 Å². The zero-order chi connectivity index (χ0) is 29.1. The summed E-state index contributed by atoms with van der Waals surface area (Å²) in [6.45, 7) is 11.7. The van der Waals surface area contributed by atoms with Crippen LogP contribution in [0.3, 0.4) is 0 Å². The number of nitrogens with zero attached hydrogens (tertiary/aromatic N) is 6. The highest BCUT2D eigenvalue weighted by molar-refractivity contribution is 5.70. The van der Waals surface area contributed by atoms with Gasteiger partial charge >= 0.3 is 18.2 Å². The molecule has 1 aromatic heterocycles. The molecular weight excluding hydrogens is 524 g/mol. The van der Waals surface area contributed by atoms with Crippen LogP contribution in [0.25, 0.3) is 0 Å². The molecule has 3 aliphatic heterocycles. The van der Waals surface area contributed by atoms with E-state index in [0.29, 0.717) is 51.4 Å². The second kappa shape index (κ2) is 12.1. The van der Waals surface area contributed by atoms with Crippen molar-refractivity contribution < 1.29 is 23.8 Å². The lowest BCUT2D eigenvalue weighted by Crippen LogP contribution is -2.55. The summed E-state index contributed by atoms with van der Waals surface area (Å²) in [6, 6.07) is 10.3. The third kappa shape index (κ3) is 7.01. The summed E-state index contributed by atoms with van der Waals surface area (Å²) in [5.74, 6) is 0.750. The maximum Gasteiger partial charge on any atom is 0.410 e. The van der Waals surface area contributed by atoms with E-state index < -0.39 is 11.7 Å². The molecule has 2 saturated heterocycles. The lowest BCUT2D eigenvalue weighted by Gasteiger charge is -2.41. The van der Waals surface area contributed by atoms with Crippen molar-refractivity contribution >= 4 is 18.0 Å². The summed E-state index contributed by atoms with van der Waals surface area (Å²) in [5, 5.41) is 0. The molecule has 0 spiro atoms. The van der Waals surface area contributed by atoms with E-state index in [9.17, 15) is 9.59 Å². The highest BCUT2D eigenvalue weighted by atomic mass is 16.6. The molecule has 2 fully saturated rings. The van der Waals surface area contributed by atoms with Gasteiger partial charge in [-0.2, -0.15) is 9.97 Å². The van der Waals surface area contributed by atoms with Gasteiger partial charge in [0.2, 0.25) is 0 Å². The van der Waals surface area contributed by atoms with Crippen molar-refractivity contribution in [3.8, 4) is 6.01 Å². The summed E-state index contributed by atoms with van der Waals surface area (Å²) in [7, 11) is 2.11. The minimum Gasteiger partial charge on any atom is -0.462 e. The fourth-order valence-electron chi connectivity index (χ4n) is 5.58. The van der Waals surface area contributed by atoms with Gasteiger partial charge in [-0.15, -0.1) is 0 Å². The highest BCUT2D eigenvalue weighted by Gasteiger charge is 2.36. The van der Waals surface area contributed by atoms with Gasteiger partial charge in [0.05, 0.1) is 18.8 Å². The molecule has 3 aliphatic rings. The molecular formula is C30H42N6O5. The number of likely N-dealkylation sites (tertiary alicyclic amines) is 1. The number of carbonyl (C=O) groups excluding carboxylic acids is 2. The van der Waals surface area contributed by atoms with E-state index in [1.54, 1.807) is 9.80 Å². The van der Waals surface area contributed by atoms with Crippen LogP contribution in [0.15, 0.2) is 30.3 Å². The standard InChI is InChI=1S/C30H42N6O5/c1-21-16-34(29(38)41-30(2,3)4)14-15-36(21)26-24-17-35(28(37)40-19-22-10-7-6-8-11-22)18-25(24)31-27(32-26)39-20-23-12-9-13-33(23)5/h6-8,10-11,21,23H,9,12-20H2,1-5H3/t21-,23-/m0/s1. The van der Waals surface area contributed by atoms with Gasteiger partial charge in [-0.1, -0.05) is 30.3 Å². The molecule has 0 bridgehead atoms. The maximum absolute atomic E-state index is 13.0. The van der Waals surface area contributed by atoms with E-state index in [1.807, 2.05) is 51.1 Å². The molecule has 5 rings (SSSR count). The van der Waals surface area contributed by atoms with Crippen molar-refractivity contribution in [1.82, 2.24) is 24.7 Å². The Labute approximate surface area is 242 Å². The lowest BCUT2D eigenvalue weighted by atomic mass is 10.1. The number of anilines is 1. The molecule has 0 saturated carbocycles. The second-order valence-corrected chi connectivity index (χ2v) is 12.2. The molecule has 0 N–H and O–H groups in total. The smallest absolute Gasteiger partial charge is 0.410 e. The summed E-state index contributed by atoms with van der Waals surface area (Å²) in [5.41, 5.74) is 2.04. The third-order valence-corrected chi connectivity index (χ3v) is 7.83. The Balaban J connectivity index is 1.33. The van der Waals surface area contributed by atoms with Crippen LogP contribution in [0.5, 0.6) is 6.01 Å². The number of carbonyl (C=O) groups is 2.